The van der Waals surface area contributed by atoms with Crippen molar-refractivity contribution in [1.29, 1.82) is 0 Å². The van der Waals surface area contributed by atoms with Gasteiger partial charge < -0.3 is 4.74 Å². The molecule has 0 aromatic rings. The van der Waals surface area contributed by atoms with Crippen LogP contribution in [0.3, 0.4) is 0 Å². The minimum Gasteiger partial charge on any atom is -0.431 e. The molecule has 0 radical (unpaired) electrons. The van der Waals surface area contributed by atoms with Gasteiger partial charge in [0.15, 0.2) is 0 Å². The number of esters is 1. The molecule has 0 aliphatic heterocycles. The van der Waals surface area contributed by atoms with E-state index in [9.17, 15) is 4.79 Å². The highest BCUT2D eigenvalue weighted by Gasteiger charge is 2.56. The van der Waals surface area contributed by atoms with Gasteiger partial charge in [-0.3, -0.25) is 4.79 Å². The molecule has 0 bridgehead atoms. The lowest BCUT2D eigenvalue weighted by atomic mass is 9.49. The van der Waals surface area contributed by atoms with Crippen LogP contribution >= 0.6 is 0 Å². The fourth-order valence-corrected chi connectivity index (χ4v) is 6.41. The monoisotopic (exact) mass is 326 g/mol. The maximum Gasteiger partial charge on any atom is 0.307 e. The number of hydrogen-bond donors (Lipinski definition) is 0. The Hall–Kier alpha value is -1.31. The van der Waals surface area contributed by atoms with E-state index in [1.807, 2.05) is 0 Å². The summed E-state index contributed by atoms with van der Waals surface area (Å²) in [4.78, 5) is 11.5. The summed E-state index contributed by atoms with van der Waals surface area (Å²) in [7, 11) is 0. The zero-order valence-corrected chi connectivity index (χ0v) is 15.5. The van der Waals surface area contributed by atoms with E-state index in [0.29, 0.717) is 17.3 Å². The van der Waals surface area contributed by atoms with Gasteiger partial charge in [-0.15, -0.1) is 0 Å². The van der Waals surface area contributed by atoms with Crippen molar-refractivity contribution >= 4 is 5.97 Å². The first-order valence-electron chi connectivity index (χ1n) is 9.64. The molecule has 4 aliphatic carbocycles. The molecule has 6 atom stereocenters. The smallest absolute Gasteiger partial charge is 0.307 e. The van der Waals surface area contributed by atoms with Gasteiger partial charge in [0, 0.05) is 24.3 Å². The molecule has 2 heteroatoms. The average molecular weight is 326 g/mol. The van der Waals surface area contributed by atoms with Gasteiger partial charge in [0.1, 0.15) is 5.76 Å². The Morgan fingerprint density at radius 1 is 1.21 bits per heavy atom. The van der Waals surface area contributed by atoms with E-state index in [1.165, 1.54) is 38.2 Å². The topological polar surface area (TPSA) is 26.3 Å². The summed E-state index contributed by atoms with van der Waals surface area (Å²) in [6, 6.07) is 0. The van der Waals surface area contributed by atoms with Gasteiger partial charge in [-0.25, -0.2) is 0 Å². The summed E-state index contributed by atoms with van der Waals surface area (Å²) in [6.07, 6.45) is 15.5. The summed E-state index contributed by atoms with van der Waals surface area (Å²) in [5, 5.41) is 0. The quantitative estimate of drug-likeness (QED) is 0.475. The molecule has 0 unspecified atom stereocenters. The van der Waals surface area contributed by atoms with Gasteiger partial charge in [0.25, 0.3) is 0 Å². The Labute approximate surface area is 146 Å². The second kappa shape index (κ2) is 5.34. The van der Waals surface area contributed by atoms with Crippen LogP contribution < -0.4 is 0 Å². The van der Waals surface area contributed by atoms with Crippen LogP contribution in [0.5, 0.6) is 0 Å². The highest BCUT2D eigenvalue weighted by atomic mass is 16.5. The number of allylic oxidation sites excluding steroid dienone is 5. The number of rotatable bonds is 1. The number of hydrogen-bond acceptors (Lipinski definition) is 2. The van der Waals surface area contributed by atoms with Gasteiger partial charge in [-0.1, -0.05) is 45.1 Å². The Kier molecular flexibility index (Phi) is 3.60. The number of fused-ring (bicyclic) bond motifs is 5. The fraction of sp³-hybridized carbons (Fsp3) is 0.682. The maximum absolute atomic E-state index is 11.5. The number of ether oxygens (including phenoxy) is 1. The number of carbonyl (C=O) groups is 1. The van der Waals surface area contributed by atoms with E-state index in [0.717, 1.165) is 24.0 Å². The SMILES string of the molecule is CC(=O)OC1=C2C=C[C@H]3[C@@H]4CC[C@@H](C)[C@@]4(C)CC[C@@H]3[C@@]2(C)C=CC1. The third kappa shape index (κ3) is 2.11. The summed E-state index contributed by atoms with van der Waals surface area (Å²) in [5.41, 5.74) is 1.78. The maximum atomic E-state index is 11.5. The van der Waals surface area contributed by atoms with Gasteiger partial charge >= 0.3 is 5.97 Å². The lowest BCUT2D eigenvalue weighted by molar-refractivity contribution is -0.137. The molecular weight excluding hydrogens is 296 g/mol. The lowest BCUT2D eigenvalue weighted by Crippen LogP contribution is -2.47. The van der Waals surface area contributed by atoms with Crippen molar-refractivity contribution in [3.8, 4) is 0 Å². The predicted molar refractivity (Wildman–Crippen MR) is 96.0 cm³/mol. The van der Waals surface area contributed by atoms with Crippen molar-refractivity contribution in [3.63, 3.8) is 0 Å². The van der Waals surface area contributed by atoms with Crippen molar-refractivity contribution in [2.24, 2.45) is 34.5 Å². The molecule has 4 aliphatic rings. The normalized spacial score (nSPS) is 46.3. The minimum absolute atomic E-state index is 0.0234. The van der Waals surface area contributed by atoms with Gasteiger partial charge in [-0.05, 0) is 54.8 Å². The van der Waals surface area contributed by atoms with Crippen LogP contribution in [-0.2, 0) is 9.53 Å². The molecule has 2 nitrogen and oxygen atoms in total. The van der Waals surface area contributed by atoms with Crippen molar-refractivity contribution < 1.29 is 9.53 Å². The molecule has 2 saturated carbocycles. The van der Waals surface area contributed by atoms with Crippen LogP contribution in [0.2, 0.25) is 0 Å². The van der Waals surface area contributed by atoms with Crippen LogP contribution in [0.25, 0.3) is 0 Å². The minimum atomic E-state index is -0.202. The summed E-state index contributed by atoms with van der Waals surface area (Å²) < 4.78 is 5.57. The lowest BCUT2D eigenvalue weighted by Gasteiger charge is -2.55. The molecule has 0 saturated heterocycles. The molecule has 0 N–H and O–H groups in total. The molecule has 24 heavy (non-hydrogen) atoms. The first kappa shape index (κ1) is 16.2. The highest BCUT2D eigenvalue weighted by Crippen LogP contribution is 2.64. The molecule has 0 amide bonds. The van der Waals surface area contributed by atoms with Gasteiger partial charge in [0.05, 0.1) is 0 Å². The van der Waals surface area contributed by atoms with Gasteiger partial charge in [-0.2, -0.15) is 0 Å². The molecule has 130 valence electrons. The Morgan fingerprint density at radius 2 is 2.00 bits per heavy atom. The van der Waals surface area contributed by atoms with Gasteiger partial charge in [0.2, 0.25) is 0 Å². The second-order valence-corrected chi connectivity index (χ2v) is 8.99. The van der Waals surface area contributed by atoms with E-state index < -0.39 is 0 Å². The Morgan fingerprint density at radius 3 is 2.75 bits per heavy atom. The molecule has 0 heterocycles. The van der Waals surface area contributed by atoms with Crippen molar-refractivity contribution in [1.82, 2.24) is 0 Å². The first-order valence-corrected chi connectivity index (χ1v) is 9.64. The van der Waals surface area contributed by atoms with E-state index in [1.54, 1.807) is 0 Å². The molecule has 2 fully saturated rings. The Bertz CT molecular complexity index is 655. The van der Waals surface area contributed by atoms with Crippen LogP contribution in [0.1, 0.15) is 59.8 Å². The van der Waals surface area contributed by atoms with Crippen molar-refractivity contribution in [2.75, 3.05) is 0 Å². The predicted octanol–water partition coefficient (Wildman–Crippen LogP) is 5.42. The average Bonchev–Trinajstić information content (AvgIpc) is 2.82. The fourth-order valence-electron chi connectivity index (χ4n) is 6.41. The number of carbonyl (C=O) groups excluding carboxylic acids is 1. The Balaban J connectivity index is 1.75. The van der Waals surface area contributed by atoms with E-state index >= 15 is 0 Å². The molecule has 0 aromatic heterocycles. The zero-order chi connectivity index (χ0) is 17.1. The largest absolute Gasteiger partial charge is 0.431 e. The summed E-state index contributed by atoms with van der Waals surface area (Å²) in [6.45, 7) is 8.86. The zero-order valence-electron chi connectivity index (χ0n) is 15.5. The molecule has 0 spiro atoms. The first-order chi connectivity index (χ1) is 11.4. The van der Waals surface area contributed by atoms with Crippen LogP contribution in [0.4, 0.5) is 0 Å². The van der Waals surface area contributed by atoms with Crippen molar-refractivity contribution in [3.05, 3.63) is 35.6 Å². The summed E-state index contributed by atoms with van der Waals surface area (Å²) >= 11 is 0. The highest BCUT2D eigenvalue weighted by molar-refractivity contribution is 5.68. The van der Waals surface area contributed by atoms with E-state index in [2.05, 4.69) is 45.1 Å². The third-order valence-corrected chi connectivity index (χ3v) is 7.98. The van der Waals surface area contributed by atoms with Crippen LogP contribution in [0, 0.1) is 34.5 Å². The van der Waals surface area contributed by atoms with Crippen LogP contribution in [-0.4, -0.2) is 5.97 Å². The third-order valence-electron chi connectivity index (χ3n) is 7.98. The standard InChI is InChI=1S/C22H30O2/c1-14-7-9-17-16-8-10-19-20(24-15(2)23)6-5-12-22(19,4)18(16)11-13-21(14,17)3/h5,8,10,12,14,16-18H,6-7,9,11,13H2,1-4H3/t14-,16+,17+,18+,21-,22-/m1/s1. The molecule has 4 rings (SSSR count). The summed E-state index contributed by atoms with van der Waals surface area (Å²) in [5.74, 6) is 3.64. The molecular formula is C22H30O2. The second-order valence-electron chi connectivity index (χ2n) is 8.99. The van der Waals surface area contributed by atoms with Crippen LogP contribution in [0.15, 0.2) is 35.6 Å². The van der Waals surface area contributed by atoms with E-state index in [-0.39, 0.29) is 11.4 Å². The van der Waals surface area contributed by atoms with Crippen molar-refractivity contribution in [2.45, 2.75) is 59.8 Å². The van der Waals surface area contributed by atoms with E-state index in [4.69, 9.17) is 4.74 Å². The molecule has 0 aromatic carbocycles.